The van der Waals surface area contributed by atoms with Crippen molar-refractivity contribution in [2.45, 2.75) is 14.7 Å². The zero-order valence-electron chi connectivity index (χ0n) is 9.27. The molecule has 0 saturated heterocycles. The average molecular weight is 261 g/mol. The van der Waals surface area contributed by atoms with Gasteiger partial charge in [0.05, 0.1) is 11.4 Å². The second-order valence-electron chi connectivity index (χ2n) is 3.84. The van der Waals surface area contributed by atoms with Gasteiger partial charge in [-0.1, -0.05) is 23.9 Å². The van der Waals surface area contributed by atoms with Gasteiger partial charge >= 0.3 is 0 Å². The van der Waals surface area contributed by atoms with Gasteiger partial charge in [0.1, 0.15) is 0 Å². The highest BCUT2D eigenvalue weighted by Gasteiger charge is 2.15. The van der Waals surface area contributed by atoms with Gasteiger partial charge in [-0.2, -0.15) is 0 Å². The number of para-hydroxylation sites is 1. The Hall–Kier alpha value is -1.26. The van der Waals surface area contributed by atoms with E-state index in [2.05, 4.69) is 17.4 Å². The van der Waals surface area contributed by atoms with Crippen LogP contribution in [0.1, 0.15) is 0 Å². The van der Waals surface area contributed by atoms with Crippen molar-refractivity contribution in [3.8, 4) is 0 Å². The largest absolute Gasteiger partial charge is 0.354 e. The van der Waals surface area contributed by atoms with Crippen molar-refractivity contribution >= 4 is 33.9 Å². The zero-order chi connectivity index (χ0) is 11.8. The number of rotatable bonds is 1. The molecule has 2 aromatic carbocycles. The van der Waals surface area contributed by atoms with Crippen LogP contribution in [0.25, 0.3) is 0 Å². The Balaban J connectivity index is 2.06. The summed E-state index contributed by atoms with van der Waals surface area (Å²) in [5.74, 6) is 0. The number of nitrogens with one attached hydrogen (secondary N) is 1. The van der Waals surface area contributed by atoms with Gasteiger partial charge in [-0.05, 0) is 30.3 Å². The van der Waals surface area contributed by atoms with Gasteiger partial charge in [0.25, 0.3) is 0 Å². The lowest BCUT2D eigenvalue weighted by molar-refractivity contribution is 0.687. The number of benzene rings is 2. The molecule has 0 aromatic heterocycles. The quantitative estimate of drug-likeness (QED) is 0.725. The topological polar surface area (TPSA) is 29.1 Å². The highest BCUT2D eigenvalue weighted by atomic mass is 32.2. The van der Waals surface area contributed by atoms with E-state index in [1.807, 2.05) is 30.3 Å². The van der Waals surface area contributed by atoms with Crippen molar-refractivity contribution < 1.29 is 4.21 Å². The molecule has 0 fully saturated rings. The van der Waals surface area contributed by atoms with E-state index < -0.39 is 10.8 Å². The second-order valence-corrected chi connectivity index (χ2v) is 6.30. The summed E-state index contributed by atoms with van der Waals surface area (Å²) in [5, 5.41) is 3.38. The molecule has 2 aromatic rings. The van der Waals surface area contributed by atoms with Crippen LogP contribution in [-0.4, -0.2) is 10.5 Å². The van der Waals surface area contributed by atoms with Crippen LogP contribution in [-0.2, 0) is 10.8 Å². The maximum Gasteiger partial charge on any atom is 0.0538 e. The number of fused-ring (bicyclic) bond motifs is 2. The molecule has 0 saturated carbocycles. The predicted molar refractivity (Wildman–Crippen MR) is 72.6 cm³/mol. The molecule has 1 aliphatic heterocycles. The Bertz CT molecular complexity index is 610. The number of hydrogen-bond acceptors (Lipinski definition) is 3. The van der Waals surface area contributed by atoms with Crippen molar-refractivity contribution in [1.29, 1.82) is 0 Å². The molecule has 1 atom stereocenters. The maximum absolute atomic E-state index is 11.5. The lowest BCUT2D eigenvalue weighted by Gasteiger charge is -2.20. The summed E-state index contributed by atoms with van der Waals surface area (Å²) in [5.41, 5.74) is 2.16. The predicted octanol–water partition coefficient (Wildman–Crippen LogP) is 3.63. The van der Waals surface area contributed by atoms with Crippen molar-refractivity contribution in [3.63, 3.8) is 0 Å². The van der Waals surface area contributed by atoms with Crippen LogP contribution < -0.4 is 5.32 Å². The van der Waals surface area contributed by atoms with E-state index >= 15 is 0 Å². The lowest BCUT2D eigenvalue weighted by Crippen LogP contribution is -2.00. The minimum Gasteiger partial charge on any atom is -0.354 e. The summed E-state index contributed by atoms with van der Waals surface area (Å²) >= 11 is 1.74. The van der Waals surface area contributed by atoms with Crippen LogP contribution in [0.4, 0.5) is 11.4 Å². The highest BCUT2D eigenvalue weighted by molar-refractivity contribution is 7.99. The van der Waals surface area contributed by atoms with Gasteiger partial charge in [-0.15, -0.1) is 0 Å². The van der Waals surface area contributed by atoms with Gasteiger partial charge < -0.3 is 5.32 Å². The molecule has 0 aliphatic carbocycles. The molecule has 0 unspecified atom stereocenters. The van der Waals surface area contributed by atoms with E-state index in [-0.39, 0.29) is 0 Å². The first-order chi connectivity index (χ1) is 8.24. The molecule has 0 spiro atoms. The summed E-state index contributed by atoms with van der Waals surface area (Å²) in [7, 11) is -0.934. The second kappa shape index (κ2) is 4.20. The van der Waals surface area contributed by atoms with E-state index in [0.29, 0.717) is 0 Å². The Morgan fingerprint density at radius 3 is 2.65 bits per heavy atom. The van der Waals surface area contributed by atoms with E-state index in [0.717, 1.165) is 16.3 Å². The van der Waals surface area contributed by atoms with Crippen LogP contribution in [0.2, 0.25) is 0 Å². The fraction of sp³-hybridized carbons (Fsp3) is 0.0769. The molecule has 1 aliphatic rings. The number of anilines is 2. The average Bonchev–Trinajstić information content (AvgIpc) is 2.35. The third-order valence-corrected chi connectivity index (χ3v) is 4.73. The van der Waals surface area contributed by atoms with Gasteiger partial charge in [0.2, 0.25) is 0 Å². The maximum atomic E-state index is 11.5. The van der Waals surface area contributed by atoms with Gasteiger partial charge in [-0.3, -0.25) is 4.21 Å². The summed E-state index contributed by atoms with van der Waals surface area (Å²) in [6, 6.07) is 14.1. The molecule has 0 amide bonds. The Kier molecular flexibility index (Phi) is 2.68. The normalized spacial score (nSPS) is 14.4. The third kappa shape index (κ3) is 1.98. The SMILES string of the molecule is C[S@](=O)c1ccc2c(c1)Nc1ccccc1S2. The van der Waals surface area contributed by atoms with Gasteiger partial charge in [0.15, 0.2) is 0 Å². The fourth-order valence-corrected chi connectivity index (χ4v) is 3.31. The van der Waals surface area contributed by atoms with Crippen molar-refractivity contribution in [1.82, 2.24) is 0 Å². The first-order valence-corrected chi connectivity index (χ1v) is 7.63. The number of hydrogen-bond donors (Lipinski definition) is 1. The molecule has 17 heavy (non-hydrogen) atoms. The van der Waals surface area contributed by atoms with Crippen molar-refractivity contribution in [2.24, 2.45) is 0 Å². The van der Waals surface area contributed by atoms with Crippen LogP contribution in [0.5, 0.6) is 0 Å². The summed E-state index contributed by atoms with van der Waals surface area (Å²) in [6.45, 7) is 0. The molecular weight excluding hydrogens is 250 g/mol. The first kappa shape index (κ1) is 10.9. The molecule has 0 bridgehead atoms. The van der Waals surface area contributed by atoms with E-state index in [9.17, 15) is 4.21 Å². The lowest BCUT2D eigenvalue weighted by atomic mass is 10.2. The molecule has 3 rings (SSSR count). The first-order valence-electron chi connectivity index (χ1n) is 5.25. The van der Waals surface area contributed by atoms with E-state index in [4.69, 9.17) is 0 Å². The molecule has 86 valence electrons. The van der Waals surface area contributed by atoms with Crippen LogP contribution in [0.3, 0.4) is 0 Å². The van der Waals surface area contributed by atoms with E-state index in [1.165, 1.54) is 9.79 Å². The summed E-state index contributed by atoms with van der Waals surface area (Å²) < 4.78 is 11.5. The molecule has 0 radical (unpaired) electrons. The Morgan fingerprint density at radius 1 is 1.06 bits per heavy atom. The van der Waals surface area contributed by atoms with Gasteiger partial charge in [-0.25, -0.2) is 0 Å². The fourth-order valence-electron chi connectivity index (χ4n) is 1.80. The zero-order valence-corrected chi connectivity index (χ0v) is 10.9. The standard InChI is InChI=1S/C13H11NOS2/c1-17(15)9-6-7-13-11(8-9)14-10-4-2-3-5-12(10)16-13/h2-8,14H,1H3/t17-/m0/s1. The van der Waals surface area contributed by atoms with Crippen molar-refractivity contribution in [2.75, 3.05) is 11.6 Å². The van der Waals surface area contributed by atoms with Crippen LogP contribution in [0, 0.1) is 0 Å². The van der Waals surface area contributed by atoms with E-state index in [1.54, 1.807) is 18.0 Å². The van der Waals surface area contributed by atoms with Crippen molar-refractivity contribution in [3.05, 3.63) is 42.5 Å². The molecular formula is C13H11NOS2. The van der Waals surface area contributed by atoms with Gasteiger partial charge in [0, 0.05) is 31.7 Å². The highest BCUT2D eigenvalue weighted by Crippen LogP contribution is 2.44. The minimum atomic E-state index is -0.934. The minimum absolute atomic E-state index is 0.858. The summed E-state index contributed by atoms with van der Waals surface area (Å²) in [4.78, 5) is 3.26. The Morgan fingerprint density at radius 2 is 1.82 bits per heavy atom. The molecule has 1 heterocycles. The molecule has 2 nitrogen and oxygen atoms in total. The monoisotopic (exact) mass is 261 g/mol. The summed E-state index contributed by atoms with van der Waals surface area (Å²) in [6.07, 6.45) is 1.70. The molecule has 4 heteroatoms. The Labute approximate surface area is 107 Å². The molecule has 1 N–H and O–H groups in total. The van der Waals surface area contributed by atoms with Crippen LogP contribution >= 0.6 is 11.8 Å². The smallest absolute Gasteiger partial charge is 0.0538 e. The third-order valence-electron chi connectivity index (χ3n) is 2.66. The van der Waals surface area contributed by atoms with Crippen LogP contribution in [0.15, 0.2) is 57.2 Å².